The van der Waals surface area contributed by atoms with Gasteiger partial charge in [0.1, 0.15) is 6.54 Å². The number of hydrazone groups is 1. The van der Waals surface area contributed by atoms with Gasteiger partial charge in [0.25, 0.3) is 15.9 Å². The van der Waals surface area contributed by atoms with Crippen molar-refractivity contribution in [3.63, 3.8) is 0 Å². The molecule has 8 nitrogen and oxygen atoms in total. The zero-order valence-electron chi connectivity index (χ0n) is 20.5. The Morgan fingerprint density at radius 3 is 2.09 bits per heavy atom. The van der Waals surface area contributed by atoms with Gasteiger partial charge in [-0.2, -0.15) is 5.10 Å². The number of rotatable bonds is 8. The summed E-state index contributed by atoms with van der Waals surface area (Å²) in [7, 11) is -1.22. The predicted octanol–water partition coefficient (Wildman–Crippen LogP) is 4.05. The molecule has 0 unspecified atom stereocenters. The number of carbonyl (C=O) groups excluding carboxylic acids is 1. The Balaban J connectivity index is 2.52. The fourth-order valence-corrected chi connectivity index (χ4v) is 4.41. The molecular weight excluding hydrogens is 442 g/mol. The number of aryl methyl sites for hydroxylation is 2. The van der Waals surface area contributed by atoms with Crippen molar-refractivity contribution in [3.8, 4) is 11.5 Å². The van der Waals surface area contributed by atoms with Gasteiger partial charge in [-0.25, -0.2) is 13.8 Å². The first-order valence-corrected chi connectivity index (χ1v) is 11.9. The molecule has 0 aliphatic carbocycles. The molecule has 0 fully saturated rings. The van der Waals surface area contributed by atoms with Gasteiger partial charge < -0.3 is 9.47 Å². The Morgan fingerprint density at radius 1 is 1.00 bits per heavy atom. The molecule has 0 spiro atoms. The summed E-state index contributed by atoms with van der Waals surface area (Å²) in [5, 5.41) is 4.14. The molecule has 0 radical (unpaired) electrons. The highest BCUT2D eigenvalue weighted by molar-refractivity contribution is 7.92. The van der Waals surface area contributed by atoms with Gasteiger partial charge in [0.15, 0.2) is 11.5 Å². The molecule has 0 aromatic heterocycles. The minimum absolute atomic E-state index is 0.0264. The lowest BCUT2D eigenvalue weighted by molar-refractivity contribution is -0.119. The molecule has 1 amide bonds. The van der Waals surface area contributed by atoms with Crippen molar-refractivity contribution in [2.75, 3.05) is 25.1 Å². The molecule has 33 heavy (non-hydrogen) atoms. The van der Waals surface area contributed by atoms with E-state index in [0.717, 1.165) is 21.1 Å². The number of methoxy groups -OCH3 is 2. The second-order valence-electron chi connectivity index (χ2n) is 8.86. The monoisotopic (exact) mass is 475 g/mol. The summed E-state index contributed by atoms with van der Waals surface area (Å²) >= 11 is 0. The summed E-state index contributed by atoms with van der Waals surface area (Å²) in [5.74, 6) is 0.120. The summed E-state index contributed by atoms with van der Waals surface area (Å²) < 4.78 is 38.9. The van der Waals surface area contributed by atoms with Gasteiger partial charge in [-0.1, -0.05) is 26.8 Å². The van der Waals surface area contributed by atoms with E-state index in [1.165, 1.54) is 32.4 Å². The predicted molar refractivity (Wildman–Crippen MR) is 131 cm³/mol. The van der Waals surface area contributed by atoms with Crippen LogP contribution in [-0.4, -0.2) is 40.8 Å². The van der Waals surface area contributed by atoms with E-state index >= 15 is 0 Å². The normalized spacial score (nSPS) is 12.3. The first kappa shape index (κ1) is 26.2. The van der Waals surface area contributed by atoms with Crippen LogP contribution in [0.5, 0.6) is 11.5 Å². The third kappa shape index (κ3) is 6.47. The average Bonchev–Trinajstić information content (AvgIpc) is 2.73. The summed E-state index contributed by atoms with van der Waals surface area (Å²) in [6.07, 6.45) is 0. The maximum absolute atomic E-state index is 13.7. The molecule has 0 bridgehead atoms. The maximum atomic E-state index is 13.7. The molecule has 0 aliphatic heterocycles. The van der Waals surface area contributed by atoms with Gasteiger partial charge in [-0.15, -0.1) is 0 Å². The Kier molecular flexibility index (Phi) is 8.13. The number of anilines is 1. The summed E-state index contributed by atoms with van der Waals surface area (Å²) in [6.45, 7) is 11.0. The fourth-order valence-electron chi connectivity index (χ4n) is 2.99. The van der Waals surface area contributed by atoms with Crippen molar-refractivity contribution in [1.29, 1.82) is 0 Å². The number of hydrogen-bond donors (Lipinski definition) is 1. The Morgan fingerprint density at radius 2 is 1.58 bits per heavy atom. The minimum atomic E-state index is -4.12. The smallest absolute Gasteiger partial charge is 0.264 e. The highest BCUT2D eigenvalue weighted by Gasteiger charge is 2.29. The Bertz CT molecular complexity index is 1130. The van der Waals surface area contributed by atoms with Crippen LogP contribution in [0.3, 0.4) is 0 Å². The number of nitrogens with one attached hydrogen (secondary N) is 1. The highest BCUT2D eigenvalue weighted by Crippen LogP contribution is 2.32. The third-order valence-corrected chi connectivity index (χ3v) is 6.93. The van der Waals surface area contributed by atoms with E-state index in [2.05, 4.69) is 10.5 Å². The maximum Gasteiger partial charge on any atom is 0.264 e. The van der Waals surface area contributed by atoms with Crippen molar-refractivity contribution in [2.24, 2.45) is 10.5 Å². The van der Waals surface area contributed by atoms with Crippen LogP contribution in [0.4, 0.5) is 5.69 Å². The van der Waals surface area contributed by atoms with Crippen LogP contribution in [0.15, 0.2) is 46.4 Å². The lowest BCUT2D eigenvalue weighted by Crippen LogP contribution is -2.40. The van der Waals surface area contributed by atoms with E-state index in [-0.39, 0.29) is 16.1 Å². The molecule has 1 N–H and O–H groups in total. The zero-order valence-corrected chi connectivity index (χ0v) is 21.3. The lowest BCUT2D eigenvalue weighted by Gasteiger charge is -2.25. The van der Waals surface area contributed by atoms with Gasteiger partial charge in [0, 0.05) is 17.2 Å². The molecular formula is C24H33N3O5S. The van der Waals surface area contributed by atoms with Gasteiger partial charge in [-0.05, 0) is 56.2 Å². The van der Waals surface area contributed by atoms with Gasteiger partial charge in [0.05, 0.1) is 24.8 Å². The molecule has 2 rings (SSSR count). The third-order valence-electron chi connectivity index (χ3n) is 5.16. The Hall–Kier alpha value is -3.07. The SMILES string of the molecule is COc1ccc(S(=O)(=O)N(CC(=O)NN=C(C)C(C)(C)C)c2cc(C)cc(C)c2)cc1OC. The number of ether oxygens (including phenoxy) is 2. The lowest BCUT2D eigenvalue weighted by atomic mass is 9.91. The van der Waals surface area contributed by atoms with Crippen LogP contribution >= 0.6 is 0 Å². The van der Waals surface area contributed by atoms with Crippen LogP contribution in [0.1, 0.15) is 38.8 Å². The van der Waals surface area contributed by atoms with Crippen LogP contribution < -0.4 is 19.2 Å². The van der Waals surface area contributed by atoms with E-state index in [1.54, 1.807) is 12.1 Å². The van der Waals surface area contributed by atoms with Crippen molar-refractivity contribution in [3.05, 3.63) is 47.5 Å². The molecule has 0 atom stereocenters. The van der Waals surface area contributed by atoms with E-state index < -0.39 is 22.5 Å². The first-order chi connectivity index (χ1) is 15.3. The van der Waals surface area contributed by atoms with E-state index in [0.29, 0.717) is 11.4 Å². The molecule has 0 aliphatic rings. The quantitative estimate of drug-likeness (QED) is 0.459. The van der Waals surface area contributed by atoms with Crippen molar-refractivity contribution >= 4 is 27.3 Å². The molecule has 0 saturated heterocycles. The number of amides is 1. The number of benzene rings is 2. The van der Waals surface area contributed by atoms with Gasteiger partial charge in [0.2, 0.25) is 0 Å². The number of carbonyl (C=O) groups is 1. The molecule has 2 aromatic carbocycles. The molecule has 0 heterocycles. The van der Waals surface area contributed by atoms with Crippen molar-refractivity contribution in [1.82, 2.24) is 5.43 Å². The summed E-state index contributed by atoms with van der Waals surface area (Å²) in [4.78, 5) is 12.7. The first-order valence-electron chi connectivity index (χ1n) is 10.5. The fraction of sp³-hybridized carbons (Fsp3) is 0.417. The van der Waals surface area contributed by atoms with Gasteiger partial charge >= 0.3 is 0 Å². The second-order valence-corrected chi connectivity index (χ2v) is 10.7. The molecule has 2 aromatic rings. The molecule has 9 heteroatoms. The number of nitrogens with zero attached hydrogens (tertiary/aromatic N) is 2. The average molecular weight is 476 g/mol. The second kappa shape index (κ2) is 10.2. The van der Waals surface area contributed by atoms with Crippen molar-refractivity contribution in [2.45, 2.75) is 46.4 Å². The summed E-state index contributed by atoms with van der Waals surface area (Å²) in [5.41, 5.74) is 5.10. The topological polar surface area (TPSA) is 97.3 Å². The molecule has 0 saturated carbocycles. The largest absolute Gasteiger partial charge is 0.493 e. The van der Waals surface area contributed by atoms with Crippen LogP contribution in [0, 0.1) is 19.3 Å². The van der Waals surface area contributed by atoms with E-state index in [1.807, 2.05) is 47.6 Å². The van der Waals surface area contributed by atoms with E-state index in [4.69, 9.17) is 9.47 Å². The van der Waals surface area contributed by atoms with Crippen molar-refractivity contribution < 1.29 is 22.7 Å². The number of hydrogen-bond acceptors (Lipinski definition) is 6. The molecule has 180 valence electrons. The highest BCUT2D eigenvalue weighted by atomic mass is 32.2. The van der Waals surface area contributed by atoms with Crippen LogP contribution in [0.25, 0.3) is 0 Å². The minimum Gasteiger partial charge on any atom is -0.493 e. The number of sulfonamides is 1. The zero-order chi connectivity index (χ0) is 25.0. The summed E-state index contributed by atoms with van der Waals surface area (Å²) in [6, 6.07) is 9.70. The Labute approximate surface area is 196 Å². The van der Waals surface area contributed by atoms with E-state index in [9.17, 15) is 13.2 Å². The standard InChI is InChI=1S/C24H33N3O5S/c1-16-11-17(2)13-19(12-16)27(15-23(28)26-25-18(3)24(4,5)6)33(29,30)20-9-10-21(31-7)22(14-20)32-8/h9-14H,15H2,1-8H3,(H,26,28). The van der Waals surface area contributed by atoms with Crippen LogP contribution in [-0.2, 0) is 14.8 Å². The van der Waals surface area contributed by atoms with Gasteiger partial charge in [-0.3, -0.25) is 9.10 Å². The van der Waals surface area contributed by atoms with Crippen LogP contribution in [0.2, 0.25) is 0 Å².